The molecule has 140 valence electrons. The van der Waals surface area contributed by atoms with Crippen molar-refractivity contribution >= 4 is 11.6 Å². The summed E-state index contributed by atoms with van der Waals surface area (Å²) < 4.78 is 1.96. The summed E-state index contributed by atoms with van der Waals surface area (Å²) in [5, 5.41) is 4.53. The maximum atomic E-state index is 12.5. The number of hydrogen-bond donors (Lipinski definition) is 0. The number of carbonyl (C=O) groups excluding carboxylic acids is 1. The summed E-state index contributed by atoms with van der Waals surface area (Å²) in [6.45, 7) is 9.76. The maximum absolute atomic E-state index is 12.5. The summed E-state index contributed by atoms with van der Waals surface area (Å²) in [6.07, 6.45) is 1.65. The van der Waals surface area contributed by atoms with Crippen LogP contribution in [0, 0.1) is 26.7 Å². The zero-order chi connectivity index (χ0) is 18.7. The van der Waals surface area contributed by atoms with Gasteiger partial charge in [0.2, 0.25) is 5.91 Å². The number of amides is 1. The van der Waals surface area contributed by atoms with E-state index in [0.717, 1.165) is 37.4 Å². The highest BCUT2D eigenvalue weighted by molar-refractivity contribution is 5.75. The van der Waals surface area contributed by atoms with Gasteiger partial charge in [-0.3, -0.25) is 9.48 Å². The van der Waals surface area contributed by atoms with Crippen molar-refractivity contribution in [1.82, 2.24) is 14.7 Å². The quantitative estimate of drug-likeness (QED) is 0.800. The van der Waals surface area contributed by atoms with Crippen LogP contribution in [0.3, 0.4) is 0 Å². The Balaban J connectivity index is 1.48. The molecule has 0 spiro atoms. The number of para-hydroxylation sites is 1. The Morgan fingerprint density at radius 3 is 2.62 bits per heavy atom. The van der Waals surface area contributed by atoms with Gasteiger partial charge in [-0.15, -0.1) is 0 Å². The summed E-state index contributed by atoms with van der Waals surface area (Å²) in [6, 6.07) is 10.5. The highest BCUT2D eigenvalue weighted by Gasteiger charge is 2.25. The lowest BCUT2D eigenvalue weighted by Crippen LogP contribution is -2.33. The third-order valence-corrected chi connectivity index (χ3v) is 5.65. The molecule has 0 aliphatic carbocycles. The molecule has 5 nitrogen and oxygen atoms in total. The Morgan fingerprint density at radius 2 is 1.96 bits per heavy atom. The fourth-order valence-electron chi connectivity index (χ4n) is 3.74. The van der Waals surface area contributed by atoms with Gasteiger partial charge in [0.25, 0.3) is 0 Å². The van der Waals surface area contributed by atoms with Crippen LogP contribution >= 0.6 is 0 Å². The molecule has 2 heterocycles. The van der Waals surface area contributed by atoms with E-state index in [2.05, 4.69) is 48.1 Å². The zero-order valence-corrected chi connectivity index (χ0v) is 16.4. The number of benzene rings is 1. The molecule has 1 aliphatic heterocycles. The largest absolute Gasteiger partial charge is 0.371 e. The van der Waals surface area contributed by atoms with Crippen molar-refractivity contribution in [2.75, 3.05) is 31.6 Å². The van der Waals surface area contributed by atoms with Crippen molar-refractivity contribution in [3.8, 4) is 0 Å². The second kappa shape index (κ2) is 7.94. The monoisotopic (exact) mass is 354 g/mol. The van der Waals surface area contributed by atoms with Gasteiger partial charge in [-0.2, -0.15) is 5.10 Å². The van der Waals surface area contributed by atoms with Gasteiger partial charge in [0.1, 0.15) is 0 Å². The minimum atomic E-state index is 0.202. The van der Waals surface area contributed by atoms with E-state index in [9.17, 15) is 4.79 Å². The molecule has 0 saturated carbocycles. The lowest BCUT2D eigenvalue weighted by atomic mass is 10.1. The van der Waals surface area contributed by atoms with Gasteiger partial charge in [0.05, 0.1) is 5.69 Å². The average molecular weight is 354 g/mol. The zero-order valence-electron chi connectivity index (χ0n) is 16.4. The Labute approximate surface area is 156 Å². The molecular weight excluding hydrogens is 324 g/mol. The Kier molecular flexibility index (Phi) is 5.64. The molecule has 1 fully saturated rings. The maximum Gasteiger partial charge on any atom is 0.224 e. The first-order chi connectivity index (χ1) is 12.5. The van der Waals surface area contributed by atoms with Gasteiger partial charge < -0.3 is 9.80 Å². The van der Waals surface area contributed by atoms with Crippen molar-refractivity contribution in [2.24, 2.45) is 5.92 Å². The van der Waals surface area contributed by atoms with Gasteiger partial charge in [-0.05, 0) is 50.8 Å². The smallest absolute Gasteiger partial charge is 0.224 e. The number of rotatable bonds is 6. The highest BCUT2D eigenvalue weighted by Crippen LogP contribution is 2.24. The van der Waals surface area contributed by atoms with Gasteiger partial charge in [-0.1, -0.05) is 18.2 Å². The fourth-order valence-corrected chi connectivity index (χ4v) is 3.74. The second-order valence-electron chi connectivity index (χ2n) is 7.48. The molecule has 1 amide bonds. The highest BCUT2D eigenvalue weighted by atomic mass is 16.2. The van der Waals surface area contributed by atoms with Crippen molar-refractivity contribution in [1.29, 1.82) is 0 Å². The van der Waals surface area contributed by atoms with E-state index in [1.807, 2.05) is 29.6 Å². The Bertz CT molecular complexity index is 753. The van der Waals surface area contributed by atoms with E-state index in [1.165, 1.54) is 11.3 Å². The first-order valence-corrected chi connectivity index (χ1v) is 9.50. The second-order valence-corrected chi connectivity index (χ2v) is 7.48. The van der Waals surface area contributed by atoms with Gasteiger partial charge in [0.15, 0.2) is 0 Å². The van der Waals surface area contributed by atoms with Crippen molar-refractivity contribution in [3.63, 3.8) is 0 Å². The van der Waals surface area contributed by atoms with Crippen LogP contribution in [0.2, 0.25) is 0 Å². The van der Waals surface area contributed by atoms with Crippen LogP contribution in [0.1, 0.15) is 29.8 Å². The number of nitrogens with zero attached hydrogens (tertiary/aromatic N) is 4. The molecule has 3 rings (SSSR count). The predicted octanol–water partition coefficient (Wildman–Crippen LogP) is 3.18. The molecule has 5 heteroatoms. The van der Waals surface area contributed by atoms with Crippen LogP contribution in [0.15, 0.2) is 30.3 Å². The molecule has 0 radical (unpaired) electrons. The van der Waals surface area contributed by atoms with Crippen LogP contribution in [-0.2, 0) is 11.3 Å². The number of anilines is 1. The summed E-state index contributed by atoms with van der Waals surface area (Å²) in [5.41, 5.74) is 4.71. The average Bonchev–Trinajstić information content (AvgIpc) is 3.21. The van der Waals surface area contributed by atoms with Gasteiger partial charge >= 0.3 is 0 Å². The third-order valence-electron chi connectivity index (χ3n) is 5.65. The normalized spacial score (nSPS) is 16.9. The molecule has 26 heavy (non-hydrogen) atoms. The van der Waals surface area contributed by atoms with Crippen LogP contribution in [0.4, 0.5) is 5.69 Å². The molecule has 1 saturated heterocycles. The molecule has 2 aromatic rings. The number of aryl methyl sites for hydroxylation is 2. The van der Waals surface area contributed by atoms with Crippen LogP contribution < -0.4 is 4.90 Å². The summed E-state index contributed by atoms with van der Waals surface area (Å²) in [5.74, 6) is 0.744. The lowest BCUT2D eigenvalue weighted by Gasteiger charge is -2.23. The van der Waals surface area contributed by atoms with E-state index in [1.54, 1.807) is 0 Å². The third kappa shape index (κ3) is 4.09. The van der Waals surface area contributed by atoms with Crippen molar-refractivity contribution in [3.05, 3.63) is 47.3 Å². The minimum Gasteiger partial charge on any atom is -0.371 e. The Morgan fingerprint density at radius 1 is 1.23 bits per heavy atom. The molecule has 0 N–H and O–H groups in total. The minimum absolute atomic E-state index is 0.202. The summed E-state index contributed by atoms with van der Waals surface area (Å²) in [4.78, 5) is 16.8. The topological polar surface area (TPSA) is 41.4 Å². The fraction of sp³-hybridized carbons (Fsp3) is 0.524. The first-order valence-electron chi connectivity index (χ1n) is 9.50. The predicted molar refractivity (Wildman–Crippen MR) is 105 cm³/mol. The van der Waals surface area contributed by atoms with Crippen LogP contribution in [0.5, 0.6) is 0 Å². The van der Waals surface area contributed by atoms with E-state index in [-0.39, 0.29) is 5.91 Å². The summed E-state index contributed by atoms with van der Waals surface area (Å²) >= 11 is 0. The molecule has 1 aromatic carbocycles. The van der Waals surface area contributed by atoms with E-state index < -0.39 is 0 Å². The molecular formula is C21H30N4O. The molecule has 0 unspecified atom stereocenters. The van der Waals surface area contributed by atoms with Crippen molar-refractivity contribution < 1.29 is 4.79 Å². The molecule has 1 atom stereocenters. The number of aromatic nitrogens is 2. The molecule has 0 bridgehead atoms. The van der Waals surface area contributed by atoms with Crippen molar-refractivity contribution in [2.45, 2.75) is 40.2 Å². The summed E-state index contributed by atoms with van der Waals surface area (Å²) in [7, 11) is 1.93. The van der Waals surface area contributed by atoms with E-state index in [0.29, 0.717) is 18.9 Å². The van der Waals surface area contributed by atoms with E-state index in [4.69, 9.17) is 0 Å². The Hall–Kier alpha value is -2.30. The molecule has 1 aliphatic rings. The number of carbonyl (C=O) groups is 1. The van der Waals surface area contributed by atoms with E-state index >= 15 is 0 Å². The SMILES string of the molecule is Cc1nn(CCC(=O)N(C)C[C@H]2CCN(c3ccccc3)C2)c(C)c1C. The molecule has 1 aromatic heterocycles. The standard InChI is InChI=1S/C21H30N4O/c1-16-17(2)22-25(18(16)3)13-11-21(26)23(4)14-19-10-12-24(15-19)20-8-6-5-7-9-20/h5-9,19H,10-15H2,1-4H3/t19-/m1/s1. The lowest BCUT2D eigenvalue weighted by molar-refractivity contribution is -0.130. The number of hydrogen-bond acceptors (Lipinski definition) is 3. The van der Waals surface area contributed by atoms with Gasteiger partial charge in [0, 0.05) is 51.0 Å². The first kappa shape index (κ1) is 18.5. The van der Waals surface area contributed by atoms with Crippen LogP contribution in [0.25, 0.3) is 0 Å². The van der Waals surface area contributed by atoms with Gasteiger partial charge in [-0.25, -0.2) is 0 Å². The van der Waals surface area contributed by atoms with Crippen LogP contribution in [-0.4, -0.2) is 47.3 Å².